The van der Waals surface area contributed by atoms with E-state index in [0.29, 0.717) is 5.13 Å². The summed E-state index contributed by atoms with van der Waals surface area (Å²) < 4.78 is 14.0. The van der Waals surface area contributed by atoms with Crippen molar-refractivity contribution in [3.63, 3.8) is 0 Å². The fourth-order valence-corrected chi connectivity index (χ4v) is 2.90. The van der Waals surface area contributed by atoms with Crippen molar-refractivity contribution in [2.75, 3.05) is 5.32 Å². The van der Waals surface area contributed by atoms with Crippen molar-refractivity contribution in [2.24, 2.45) is 0 Å². The molecule has 0 saturated heterocycles. The van der Waals surface area contributed by atoms with E-state index >= 15 is 0 Å². The minimum atomic E-state index is -0.560. The van der Waals surface area contributed by atoms with Crippen LogP contribution in [0.4, 0.5) is 9.52 Å². The van der Waals surface area contributed by atoms with Crippen molar-refractivity contribution in [1.29, 1.82) is 0 Å². The molecule has 0 saturated carbocycles. The van der Waals surface area contributed by atoms with E-state index in [1.807, 2.05) is 13.0 Å². The number of nitrogens with one attached hydrogen (secondary N) is 1. The first-order valence-electron chi connectivity index (χ1n) is 6.02. The Labute approximate surface area is 128 Å². The number of nitrogens with zero attached hydrogens (tertiary/aromatic N) is 2. The van der Waals surface area contributed by atoms with Crippen LogP contribution in [-0.2, 0) is 0 Å². The van der Waals surface area contributed by atoms with E-state index in [0.717, 1.165) is 22.0 Å². The molecule has 1 amide bonds. The van der Waals surface area contributed by atoms with E-state index in [-0.39, 0.29) is 16.5 Å². The summed E-state index contributed by atoms with van der Waals surface area (Å²) in [6.45, 7) is 1.89. The first kappa shape index (κ1) is 13.9. The van der Waals surface area contributed by atoms with E-state index < -0.39 is 5.82 Å². The molecule has 0 radical (unpaired) electrons. The number of amides is 1. The second-order valence-corrected chi connectivity index (χ2v) is 5.83. The van der Waals surface area contributed by atoms with Crippen LogP contribution >= 0.6 is 22.9 Å². The molecule has 0 atom stereocenters. The Morgan fingerprint density at radius 3 is 2.95 bits per heavy atom. The van der Waals surface area contributed by atoms with E-state index in [4.69, 9.17) is 11.6 Å². The summed E-state index contributed by atoms with van der Waals surface area (Å²) in [5.41, 5.74) is 1.88. The molecular weight excluding hydrogens is 313 g/mol. The normalized spacial score (nSPS) is 10.8. The number of rotatable bonds is 2. The molecular formula is C14H9ClFN3OS. The number of aromatic nitrogens is 2. The first-order valence-corrected chi connectivity index (χ1v) is 7.22. The smallest absolute Gasteiger partial charge is 0.257 e. The monoisotopic (exact) mass is 321 g/mol. The van der Waals surface area contributed by atoms with Crippen LogP contribution in [0.1, 0.15) is 16.1 Å². The number of anilines is 1. The lowest BCUT2D eigenvalue weighted by Gasteiger charge is -2.02. The molecule has 3 rings (SSSR count). The molecule has 0 bridgehead atoms. The van der Waals surface area contributed by atoms with Crippen LogP contribution in [0, 0.1) is 12.7 Å². The van der Waals surface area contributed by atoms with Gasteiger partial charge in [0.25, 0.3) is 5.91 Å². The second-order valence-electron chi connectivity index (χ2n) is 4.40. The van der Waals surface area contributed by atoms with Crippen LogP contribution in [-0.4, -0.2) is 15.9 Å². The van der Waals surface area contributed by atoms with Gasteiger partial charge >= 0.3 is 0 Å². The predicted octanol–water partition coefficient (Wildman–Crippen LogP) is 4.04. The Bertz CT molecular complexity index is 849. The standard InChI is InChI=1S/C14H9ClFN3OS/c1-7-4-12-11(6-17-7)18-14(21-12)19-13(20)8-2-3-10(16)9(15)5-8/h2-6H,1H3,(H,18,19,20). The highest BCUT2D eigenvalue weighted by Crippen LogP contribution is 2.26. The zero-order valence-electron chi connectivity index (χ0n) is 10.9. The van der Waals surface area contributed by atoms with Crippen LogP contribution in [0.25, 0.3) is 10.2 Å². The fraction of sp³-hybridized carbons (Fsp3) is 0.0714. The Morgan fingerprint density at radius 2 is 2.19 bits per heavy atom. The summed E-state index contributed by atoms with van der Waals surface area (Å²) >= 11 is 7.02. The van der Waals surface area contributed by atoms with Gasteiger partial charge in [0.05, 0.1) is 15.9 Å². The van der Waals surface area contributed by atoms with Gasteiger partial charge in [0.2, 0.25) is 0 Å². The summed E-state index contributed by atoms with van der Waals surface area (Å²) in [6.07, 6.45) is 1.66. The van der Waals surface area contributed by atoms with Gasteiger partial charge in [-0.05, 0) is 31.2 Å². The average Bonchev–Trinajstić information content (AvgIpc) is 2.83. The number of pyridine rings is 1. The lowest BCUT2D eigenvalue weighted by molar-refractivity contribution is 0.102. The zero-order chi connectivity index (χ0) is 15.0. The first-order chi connectivity index (χ1) is 10.0. The minimum Gasteiger partial charge on any atom is -0.298 e. The number of aryl methyl sites for hydroxylation is 1. The summed E-state index contributed by atoms with van der Waals surface area (Å²) in [7, 11) is 0. The van der Waals surface area contributed by atoms with Crippen molar-refractivity contribution in [2.45, 2.75) is 6.92 Å². The molecule has 2 heterocycles. The highest BCUT2D eigenvalue weighted by molar-refractivity contribution is 7.22. The van der Waals surface area contributed by atoms with Crippen LogP contribution < -0.4 is 5.32 Å². The lowest BCUT2D eigenvalue weighted by atomic mass is 10.2. The Kier molecular flexibility index (Phi) is 3.57. The number of carbonyl (C=O) groups is 1. The van der Waals surface area contributed by atoms with E-state index in [1.165, 1.54) is 23.5 Å². The fourth-order valence-electron chi connectivity index (χ4n) is 1.79. The van der Waals surface area contributed by atoms with Gasteiger partial charge in [0.1, 0.15) is 11.3 Å². The molecule has 4 nitrogen and oxygen atoms in total. The third kappa shape index (κ3) is 2.86. The van der Waals surface area contributed by atoms with Crippen molar-refractivity contribution >= 4 is 44.2 Å². The van der Waals surface area contributed by atoms with Gasteiger partial charge in [-0.1, -0.05) is 22.9 Å². The minimum absolute atomic E-state index is 0.0909. The van der Waals surface area contributed by atoms with Crippen LogP contribution in [0.15, 0.2) is 30.5 Å². The highest BCUT2D eigenvalue weighted by atomic mass is 35.5. The summed E-state index contributed by atoms with van der Waals surface area (Å²) in [5.74, 6) is -0.949. The number of halogens is 2. The number of benzene rings is 1. The van der Waals surface area contributed by atoms with Crippen molar-refractivity contribution in [3.05, 3.63) is 52.6 Å². The van der Waals surface area contributed by atoms with Gasteiger partial charge in [-0.2, -0.15) is 0 Å². The molecule has 3 aromatic rings. The maximum absolute atomic E-state index is 13.1. The average molecular weight is 322 g/mol. The molecule has 0 unspecified atom stereocenters. The Balaban J connectivity index is 1.87. The Hall–Kier alpha value is -2.05. The lowest BCUT2D eigenvalue weighted by Crippen LogP contribution is -2.11. The van der Waals surface area contributed by atoms with Gasteiger partial charge in [0, 0.05) is 11.3 Å². The SMILES string of the molecule is Cc1cc2sc(NC(=O)c3ccc(F)c(Cl)c3)nc2cn1. The van der Waals surface area contributed by atoms with Crippen LogP contribution in [0.5, 0.6) is 0 Å². The molecule has 0 aliphatic rings. The summed E-state index contributed by atoms with van der Waals surface area (Å²) in [4.78, 5) is 20.5. The largest absolute Gasteiger partial charge is 0.298 e. The molecule has 0 spiro atoms. The maximum Gasteiger partial charge on any atom is 0.257 e. The van der Waals surface area contributed by atoms with E-state index in [2.05, 4.69) is 15.3 Å². The maximum atomic E-state index is 13.1. The van der Waals surface area contributed by atoms with Crippen molar-refractivity contribution < 1.29 is 9.18 Å². The molecule has 0 fully saturated rings. The van der Waals surface area contributed by atoms with Gasteiger partial charge in [-0.3, -0.25) is 15.1 Å². The van der Waals surface area contributed by atoms with Gasteiger partial charge in [-0.15, -0.1) is 0 Å². The number of hydrogen-bond acceptors (Lipinski definition) is 4. The molecule has 106 valence electrons. The van der Waals surface area contributed by atoms with Gasteiger partial charge in [-0.25, -0.2) is 9.37 Å². The highest BCUT2D eigenvalue weighted by Gasteiger charge is 2.12. The predicted molar refractivity (Wildman–Crippen MR) is 81.5 cm³/mol. The third-order valence-electron chi connectivity index (χ3n) is 2.81. The third-order valence-corrected chi connectivity index (χ3v) is 4.04. The van der Waals surface area contributed by atoms with Gasteiger partial charge in [0.15, 0.2) is 5.13 Å². The number of thiazole rings is 1. The molecule has 1 aromatic carbocycles. The molecule has 2 aromatic heterocycles. The van der Waals surface area contributed by atoms with E-state index in [1.54, 1.807) is 6.20 Å². The van der Waals surface area contributed by atoms with Crippen LogP contribution in [0.3, 0.4) is 0 Å². The topological polar surface area (TPSA) is 54.9 Å². The molecule has 0 aliphatic carbocycles. The second kappa shape index (κ2) is 5.38. The van der Waals surface area contributed by atoms with Crippen molar-refractivity contribution in [1.82, 2.24) is 9.97 Å². The molecule has 21 heavy (non-hydrogen) atoms. The van der Waals surface area contributed by atoms with E-state index in [9.17, 15) is 9.18 Å². The number of hydrogen-bond donors (Lipinski definition) is 1. The summed E-state index contributed by atoms with van der Waals surface area (Å²) in [5, 5.41) is 3.04. The molecule has 7 heteroatoms. The molecule has 0 aliphatic heterocycles. The Morgan fingerprint density at radius 1 is 1.38 bits per heavy atom. The van der Waals surface area contributed by atoms with Gasteiger partial charge < -0.3 is 0 Å². The quantitative estimate of drug-likeness (QED) is 0.775. The zero-order valence-corrected chi connectivity index (χ0v) is 12.4. The van der Waals surface area contributed by atoms with Crippen molar-refractivity contribution in [3.8, 4) is 0 Å². The number of carbonyl (C=O) groups excluding carboxylic acids is 1. The molecule has 1 N–H and O–H groups in total. The summed E-state index contributed by atoms with van der Waals surface area (Å²) in [6, 6.07) is 5.71. The van der Waals surface area contributed by atoms with Crippen LogP contribution in [0.2, 0.25) is 5.02 Å². The number of fused-ring (bicyclic) bond motifs is 1.